The number of aromatic carboxylic acids is 1. The maximum absolute atomic E-state index is 11.9. The zero-order valence-electron chi connectivity index (χ0n) is 10.3. The number of anilines is 1. The first-order chi connectivity index (χ1) is 9.27. The summed E-state index contributed by atoms with van der Waals surface area (Å²) in [5, 5.41) is 11.6. The number of nitrogens with one attached hydrogen (secondary N) is 1. The van der Waals surface area contributed by atoms with Gasteiger partial charge in [-0.05, 0) is 24.6 Å². The molecule has 1 saturated heterocycles. The van der Waals surface area contributed by atoms with E-state index in [1.54, 1.807) is 0 Å². The largest absolute Gasteiger partial charge is 0.478 e. The number of hydrogen-bond donors (Lipinski definition) is 2. The number of sulfone groups is 1. The number of amides is 1. The van der Waals surface area contributed by atoms with Crippen molar-refractivity contribution in [2.75, 3.05) is 16.8 Å². The molecule has 2 N–H and O–H groups in total. The quantitative estimate of drug-likeness (QED) is 0.878. The van der Waals surface area contributed by atoms with Crippen LogP contribution in [0.2, 0.25) is 5.02 Å². The molecule has 0 bridgehead atoms. The van der Waals surface area contributed by atoms with Crippen LogP contribution >= 0.6 is 11.6 Å². The van der Waals surface area contributed by atoms with Gasteiger partial charge in [-0.1, -0.05) is 11.6 Å². The molecule has 0 aliphatic carbocycles. The molecule has 0 saturated carbocycles. The van der Waals surface area contributed by atoms with Gasteiger partial charge in [0, 0.05) is 10.7 Å². The summed E-state index contributed by atoms with van der Waals surface area (Å²) in [5.41, 5.74) is 0.191. The van der Waals surface area contributed by atoms with Gasteiger partial charge in [0.2, 0.25) is 5.91 Å². The molecule has 1 atom stereocenters. The average Bonchev–Trinajstić information content (AvgIpc) is 2.69. The van der Waals surface area contributed by atoms with Gasteiger partial charge in [0.25, 0.3) is 0 Å². The minimum Gasteiger partial charge on any atom is -0.478 e. The lowest BCUT2D eigenvalue weighted by Gasteiger charge is -2.10. The summed E-state index contributed by atoms with van der Waals surface area (Å²) in [6, 6.07) is 3.95. The molecule has 0 radical (unpaired) electrons. The van der Waals surface area contributed by atoms with E-state index in [2.05, 4.69) is 5.32 Å². The predicted octanol–water partition coefficient (Wildman–Crippen LogP) is 1.41. The van der Waals surface area contributed by atoms with Gasteiger partial charge in [-0.25, -0.2) is 13.2 Å². The Labute approximate surface area is 120 Å². The number of hydrogen-bond acceptors (Lipinski definition) is 4. The summed E-state index contributed by atoms with van der Waals surface area (Å²) in [6.45, 7) is 0. The van der Waals surface area contributed by atoms with Crippen LogP contribution in [0.4, 0.5) is 5.69 Å². The van der Waals surface area contributed by atoms with Gasteiger partial charge < -0.3 is 10.4 Å². The van der Waals surface area contributed by atoms with E-state index in [9.17, 15) is 18.0 Å². The van der Waals surface area contributed by atoms with E-state index in [1.807, 2.05) is 0 Å². The van der Waals surface area contributed by atoms with Gasteiger partial charge in [-0.15, -0.1) is 0 Å². The molecule has 1 aliphatic heterocycles. The number of carbonyl (C=O) groups is 2. The SMILES string of the molecule is O=C(O)c1cc(Cl)cc(NC(=O)C2CCS(=O)(=O)C2)c1. The molecule has 1 unspecified atom stereocenters. The Kier molecular flexibility index (Phi) is 4.01. The summed E-state index contributed by atoms with van der Waals surface area (Å²) in [4.78, 5) is 22.8. The molecule has 1 amide bonds. The Hall–Kier alpha value is -1.60. The molecule has 0 spiro atoms. The van der Waals surface area contributed by atoms with E-state index in [0.29, 0.717) is 0 Å². The maximum atomic E-state index is 11.9. The third kappa shape index (κ3) is 3.49. The van der Waals surface area contributed by atoms with Gasteiger partial charge in [-0.2, -0.15) is 0 Å². The Morgan fingerprint density at radius 2 is 2.00 bits per heavy atom. The third-order valence-electron chi connectivity index (χ3n) is 3.02. The van der Waals surface area contributed by atoms with Gasteiger partial charge in [-0.3, -0.25) is 4.79 Å². The molecule has 6 nitrogen and oxygen atoms in total. The molecule has 0 aromatic heterocycles. The lowest BCUT2D eigenvalue weighted by molar-refractivity contribution is -0.119. The molecule has 1 fully saturated rings. The molecule has 108 valence electrons. The fourth-order valence-electron chi connectivity index (χ4n) is 2.03. The summed E-state index contributed by atoms with van der Waals surface area (Å²) >= 11 is 5.77. The first kappa shape index (κ1) is 14.8. The highest BCUT2D eigenvalue weighted by atomic mass is 35.5. The Balaban J connectivity index is 2.14. The van der Waals surface area contributed by atoms with Crippen molar-refractivity contribution < 1.29 is 23.1 Å². The fraction of sp³-hybridized carbons (Fsp3) is 0.333. The number of benzene rings is 1. The first-order valence-electron chi connectivity index (χ1n) is 5.82. The van der Waals surface area contributed by atoms with Crippen LogP contribution in [-0.2, 0) is 14.6 Å². The number of carboxylic acids is 1. The van der Waals surface area contributed by atoms with Gasteiger partial charge >= 0.3 is 5.97 Å². The van der Waals surface area contributed by atoms with Gasteiger partial charge in [0.15, 0.2) is 9.84 Å². The van der Waals surface area contributed by atoms with Crippen LogP contribution in [0.3, 0.4) is 0 Å². The number of carbonyl (C=O) groups excluding carboxylic acids is 1. The van der Waals surface area contributed by atoms with Crippen LogP contribution in [0.15, 0.2) is 18.2 Å². The van der Waals surface area contributed by atoms with E-state index in [0.717, 1.165) is 0 Å². The van der Waals surface area contributed by atoms with Crippen LogP contribution < -0.4 is 5.32 Å². The van der Waals surface area contributed by atoms with E-state index >= 15 is 0 Å². The summed E-state index contributed by atoms with van der Waals surface area (Å²) in [5.74, 6) is -2.38. The molecule has 1 aromatic carbocycles. The molecular weight excluding hydrogens is 306 g/mol. The number of halogens is 1. The van der Waals surface area contributed by atoms with Crippen molar-refractivity contribution in [3.63, 3.8) is 0 Å². The maximum Gasteiger partial charge on any atom is 0.335 e. The van der Waals surface area contributed by atoms with Crippen molar-refractivity contribution in [3.05, 3.63) is 28.8 Å². The van der Waals surface area contributed by atoms with Crippen molar-refractivity contribution in [2.24, 2.45) is 5.92 Å². The Bertz CT molecular complexity index is 670. The topological polar surface area (TPSA) is 101 Å². The summed E-state index contributed by atoms with van der Waals surface area (Å²) in [6.07, 6.45) is 0.278. The summed E-state index contributed by atoms with van der Waals surface area (Å²) < 4.78 is 22.6. The first-order valence-corrected chi connectivity index (χ1v) is 8.02. The second-order valence-corrected chi connectivity index (χ2v) is 7.29. The van der Waals surface area contributed by atoms with Crippen molar-refractivity contribution in [2.45, 2.75) is 6.42 Å². The van der Waals surface area contributed by atoms with E-state index in [-0.39, 0.29) is 34.2 Å². The minimum atomic E-state index is -3.14. The van der Waals surface area contributed by atoms with Crippen LogP contribution in [0.5, 0.6) is 0 Å². The molecule has 1 heterocycles. The van der Waals surface area contributed by atoms with Crippen LogP contribution in [0.1, 0.15) is 16.8 Å². The normalized spacial score (nSPS) is 20.6. The van der Waals surface area contributed by atoms with Crippen molar-refractivity contribution in [3.8, 4) is 0 Å². The van der Waals surface area contributed by atoms with Crippen LogP contribution in [0, 0.1) is 5.92 Å². The van der Waals surface area contributed by atoms with Crippen LogP contribution in [0.25, 0.3) is 0 Å². The van der Waals surface area contributed by atoms with Crippen LogP contribution in [-0.4, -0.2) is 36.9 Å². The second kappa shape index (κ2) is 5.41. The second-order valence-electron chi connectivity index (χ2n) is 4.62. The molecule has 8 heteroatoms. The fourth-order valence-corrected chi connectivity index (χ4v) is 4.01. The predicted molar refractivity (Wildman–Crippen MR) is 73.8 cm³/mol. The summed E-state index contributed by atoms with van der Waals surface area (Å²) in [7, 11) is -3.14. The van der Waals surface area contributed by atoms with E-state index in [1.165, 1.54) is 18.2 Å². The number of rotatable bonds is 3. The van der Waals surface area contributed by atoms with Gasteiger partial charge in [0.05, 0.1) is 23.0 Å². The highest BCUT2D eigenvalue weighted by molar-refractivity contribution is 7.91. The molecule has 1 aliphatic rings. The van der Waals surface area contributed by atoms with Gasteiger partial charge in [0.1, 0.15) is 0 Å². The van der Waals surface area contributed by atoms with Crippen molar-refractivity contribution in [1.29, 1.82) is 0 Å². The smallest absolute Gasteiger partial charge is 0.335 e. The molecule has 1 aromatic rings. The highest BCUT2D eigenvalue weighted by Gasteiger charge is 2.33. The lowest BCUT2D eigenvalue weighted by Crippen LogP contribution is -2.23. The third-order valence-corrected chi connectivity index (χ3v) is 5.00. The minimum absolute atomic E-state index is 0.00100. The molecule has 2 rings (SSSR count). The van der Waals surface area contributed by atoms with E-state index < -0.39 is 27.6 Å². The zero-order valence-corrected chi connectivity index (χ0v) is 11.9. The van der Waals surface area contributed by atoms with Crippen molar-refractivity contribution in [1.82, 2.24) is 0 Å². The number of carboxylic acid groups (broad SMARTS) is 1. The van der Waals surface area contributed by atoms with Crippen molar-refractivity contribution >= 4 is 39.0 Å². The monoisotopic (exact) mass is 317 g/mol. The Morgan fingerprint density at radius 1 is 1.30 bits per heavy atom. The standard InChI is InChI=1S/C12H12ClNO5S/c13-9-3-8(12(16)17)4-10(5-9)14-11(15)7-1-2-20(18,19)6-7/h3-5,7H,1-2,6H2,(H,14,15)(H,16,17). The molecule has 20 heavy (non-hydrogen) atoms. The lowest BCUT2D eigenvalue weighted by atomic mass is 10.1. The molecular formula is C12H12ClNO5S. The van der Waals surface area contributed by atoms with E-state index in [4.69, 9.17) is 16.7 Å². The zero-order chi connectivity index (χ0) is 14.9. The highest BCUT2D eigenvalue weighted by Crippen LogP contribution is 2.23. The average molecular weight is 318 g/mol. The Morgan fingerprint density at radius 3 is 2.55 bits per heavy atom.